The van der Waals surface area contributed by atoms with Gasteiger partial charge < -0.3 is 0 Å². The molecule has 0 amide bonds. The Kier molecular flexibility index (Phi) is 7.23. The van der Waals surface area contributed by atoms with E-state index in [-0.39, 0.29) is 23.7 Å². The summed E-state index contributed by atoms with van der Waals surface area (Å²) in [6, 6.07) is 0. The second-order valence-electron chi connectivity index (χ2n) is 1.76. The zero-order valence-electron chi connectivity index (χ0n) is 6.31. The van der Waals surface area contributed by atoms with Crippen LogP contribution < -0.4 is 0 Å². The quantitative estimate of drug-likeness (QED) is 0.454. The summed E-state index contributed by atoms with van der Waals surface area (Å²) in [5, 5.41) is 0. The van der Waals surface area contributed by atoms with E-state index in [0.29, 0.717) is 0 Å². The first-order valence-corrected chi connectivity index (χ1v) is 5.14. The molecule has 0 N–H and O–H groups in total. The van der Waals surface area contributed by atoms with Gasteiger partial charge in [-0.15, -0.1) is 0 Å². The van der Waals surface area contributed by atoms with E-state index in [1.165, 1.54) is 11.1 Å². The van der Waals surface area contributed by atoms with E-state index in [4.69, 9.17) is 9.47 Å². The fourth-order valence-electron chi connectivity index (χ4n) is 0.525. The van der Waals surface area contributed by atoms with Gasteiger partial charge in [0.2, 0.25) is 0 Å². The Morgan fingerprint density at radius 3 is 2.22 bits per heavy atom. The molecule has 0 unspecified atom stereocenters. The van der Waals surface area contributed by atoms with Crippen molar-refractivity contribution in [1.29, 1.82) is 0 Å². The van der Waals surface area contributed by atoms with Crippen LogP contribution in [0.3, 0.4) is 0 Å². The van der Waals surface area contributed by atoms with Gasteiger partial charge in [-0.05, 0) is 0 Å². The van der Waals surface area contributed by atoms with E-state index in [1.54, 1.807) is 14.2 Å². The number of methoxy groups -OCH3 is 2. The molecule has 0 rings (SSSR count). The average Bonchev–Trinajstić information content (AvgIpc) is 1.91. The minimum atomic E-state index is -0.00694. The van der Waals surface area contributed by atoms with Gasteiger partial charge in [0.05, 0.1) is 0 Å². The zero-order valence-corrected chi connectivity index (χ0v) is 7.87. The van der Waals surface area contributed by atoms with E-state index in [9.17, 15) is 0 Å². The Labute approximate surface area is 65.8 Å². The Balaban J connectivity index is 3.09. The number of ether oxygens (including phenoxy) is 2. The first kappa shape index (κ1) is 9.63. The van der Waals surface area contributed by atoms with Gasteiger partial charge in [0, 0.05) is 0 Å². The van der Waals surface area contributed by atoms with Crippen molar-refractivity contribution in [2.45, 2.75) is 22.7 Å². The molecule has 0 heterocycles. The summed E-state index contributed by atoms with van der Waals surface area (Å²) >= 11 is -0.00694. The van der Waals surface area contributed by atoms with Gasteiger partial charge >= 0.3 is 65.5 Å². The predicted molar refractivity (Wildman–Crippen MR) is 32.9 cm³/mol. The maximum atomic E-state index is 5.03. The Hall–Kier alpha value is 0.634. The van der Waals surface area contributed by atoms with Crippen LogP contribution in [0.2, 0.25) is 4.73 Å². The van der Waals surface area contributed by atoms with Crippen molar-refractivity contribution in [1.82, 2.24) is 0 Å². The molecule has 0 spiro atoms. The fourth-order valence-corrected chi connectivity index (χ4v) is 1.86. The van der Waals surface area contributed by atoms with E-state index in [0.717, 1.165) is 0 Å². The molecule has 0 saturated carbocycles. The second-order valence-corrected chi connectivity index (χ2v) is 3.91. The summed E-state index contributed by atoms with van der Waals surface area (Å²) in [6.45, 7) is 2.19. The van der Waals surface area contributed by atoms with Crippen LogP contribution in [-0.4, -0.2) is 18.8 Å². The zero-order chi connectivity index (χ0) is 7.11. The summed E-state index contributed by atoms with van der Waals surface area (Å²) in [4.78, 5) is 0. The molecule has 9 heavy (non-hydrogen) atoms. The first-order valence-electron chi connectivity index (χ1n) is 3.14. The van der Waals surface area contributed by atoms with Crippen LogP contribution in [0.4, 0.5) is 0 Å². The topological polar surface area (TPSA) is 18.5 Å². The van der Waals surface area contributed by atoms with Crippen LogP contribution in [-0.2, 0) is 28.6 Å². The third-order valence-corrected chi connectivity index (χ3v) is 3.48. The Bertz CT molecular complexity index is 55.0. The van der Waals surface area contributed by atoms with Crippen LogP contribution in [0, 0.1) is 0 Å². The summed E-state index contributed by atoms with van der Waals surface area (Å²) in [5.74, 6) is 0. The predicted octanol–water partition coefficient (Wildman–Crippen LogP) is 1.47. The SMILES string of the molecule is CC[CH2][Ti][CH](OC)OC. The van der Waals surface area contributed by atoms with E-state index < -0.39 is 0 Å². The Morgan fingerprint density at radius 1 is 1.33 bits per heavy atom. The normalized spacial score (nSPS) is 10.2. The van der Waals surface area contributed by atoms with Crippen LogP contribution in [0.15, 0.2) is 0 Å². The third kappa shape index (κ3) is 5.10. The standard InChI is InChI=1S/C3H7O2.C3H7.Ti/c1-4-3-5-2;1-3-2;/h3H,1-2H3;1,3H2,2H3;. The molecule has 3 heteroatoms. The first-order chi connectivity index (χ1) is 4.35. The number of rotatable bonds is 5. The van der Waals surface area contributed by atoms with Crippen molar-refractivity contribution in [2.24, 2.45) is 0 Å². The molecule has 0 atom stereocenters. The summed E-state index contributed by atoms with van der Waals surface area (Å²) in [7, 11) is 3.40. The molecule has 0 aliphatic carbocycles. The molecule has 54 valence electrons. The molecular formula is C6H14O2Ti. The minimum absolute atomic E-state index is 0.00694. The molecule has 0 radical (unpaired) electrons. The van der Waals surface area contributed by atoms with Crippen LogP contribution in [0.25, 0.3) is 0 Å². The van der Waals surface area contributed by atoms with Crippen molar-refractivity contribution in [3.63, 3.8) is 0 Å². The molecule has 0 aromatic rings. The molecular weight excluding hydrogens is 152 g/mol. The fraction of sp³-hybridized carbons (Fsp3) is 1.00. The molecule has 0 saturated heterocycles. The van der Waals surface area contributed by atoms with Crippen LogP contribution in [0.1, 0.15) is 13.3 Å². The molecule has 0 fully saturated rings. The van der Waals surface area contributed by atoms with Gasteiger partial charge in [-0.1, -0.05) is 0 Å². The van der Waals surface area contributed by atoms with Crippen molar-refractivity contribution >= 4 is 0 Å². The Morgan fingerprint density at radius 2 is 1.89 bits per heavy atom. The summed E-state index contributed by atoms with van der Waals surface area (Å²) in [5.41, 5.74) is 0. The van der Waals surface area contributed by atoms with Gasteiger partial charge in [0.25, 0.3) is 0 Å². The monoisotopic (exact) mass is 166 g/mol. The molecule has 0 aliphatic heterocycles. The van der Waals surface area contributed by atoms with Gasteiger partial charge in [-0.25, -0.2) is 0 Å². The van der Waals surface area contributed by atoms with Crippen molar-refractivity contribution < 1.29 is 28.6 Å². The molecule has 0 aromatic heterocycles. The summed E-state index contributed by atoms with van der Waals surface area (Å²) in [6.07, 6.45) is 1.25. The van der Waals surface area contributed by atoms with E-state index >= 15 is 0 Å². The number of hydrogen-bond donors (Lipinski definition) is 0. The van der Waals surface area contributed by atoms with E-state index in [2.05, 4.69) is 6.92 Å². The molecule has 0 aliphatic rings. The number of hydrogen-bond acceptors (Lipinski definition) is 2. The van der Waals surface area contributed by atoms with Crippen molar-refractivity contribution in [2.75, 3.05) is 14.2 Å². The van der Waals surface area contributed by atoms with Gasteiger partial charge in [-0.2, -0.15) is 0 Å². The van der Waals surface area contributed by atoms with Crippen molar-refractivity contribution in [3.05, 3.63) is 0 Å². The van der Waals surface area contributed by atoms with Crippen molar-refractivity contribution in [3.8, 4) is 0 Å². The molecule has 2 nitrogen and oxygen atoms in total. The third-order valence-electron chi connectivity index (χ3n) is 0.989. The van der Waals surface area contributed by atoms with Crippen LogP contribution in [0.5, 0.6) is 0 Å². The maximum absolute atomic E-state index is 5.03. The molecule has 0 bridgehead atoms. The van der Waals surface area contributed by atoms with Gasteiger partial charge in [0.15, 0.2) is 0 Å². The van der Waals surface area contributed by atoms with Gasteiger partial charge in [0.1, 0.15) is 0 Å². The van der Waals surface area contributed by atoms with E-state index in [1.807, 2.05) is 0 Å². The molecule has 0 aromatic carbocycles. The van der Waals surface area contributed by atoms with Crippen LogP contribution >= 0.6 is 0 Å². The van der Waals surface area contributed by atoms with Gasteiger partial charge in [-0.3, -0.25) is 0 Å². The summed E-state index contributed by atoms with van der Waals surface area (Å²) < 4.78 is 11.5. The second kappa shape index (κ2) is 6.75. The average molecular weight is 166 g/mol.